The van der Waals surface area contributed by atoms with E-state index in [0.717, 1.165) is 25.1 Å². The molecule has 1 saturated carbocycles. The number of nitrogens with one attached hydrogen (secondary N) is 1. The molecule has 0 spiro atoms. The molecule has 0 aromatic heterocycles. The molecule has 0 aliphatic heterocycles. The van der Waals surface area contributed by atoms with Crippen molar-refractivity contribution in [2.24, 2.45) is 0 Å². The van der Waals surface area contributed by atoms with Gasteiger partial charge in [-0.3, -0.25) is 4.79 Å². The standard InChI is InChI=1S/C16H24N2O2/c1-18(2)16(19)8-9-17-14-10-13(11-14)12-4-6-15(20-3)7-5-12/h4-7,13-14,17H,8-11H2,1-3H3. The third kappa shape index (κ3) is 3.73. The molecule has 1 fully saturated rings. The van der Waals surface area contributed by atoms with Gasteiger partial charge in [-0.2, -0.15) is 0 Å². The number of methoxy groups -OCH3 is 1. The van der Waals surface area contributed by atoms with Crippen LogP contribution in [0.4, 0.5) is 0 Å². The number of carbonyl (C=O) groups is 1. The highest BCUT2D eigenvalue weighted by atomic mass is 16.5. The second-order valence-electron chi connectivity index (χ2n) is 5.63. The number of benzene rings is 1. The van der Waals surface area contributed by atoms with Gasteiger partial charge < -0.3 is 15.0 Å². The van der Waals surface area contributed by atoms with E-state index in [2.05, 4.69) is 17.4 Å². The molecule has 0 bridgehead atoms. The molecule has 1 amide bonds. The zero-order valence-corrected chi connectivity index (χ0v) is 12.6. The van der Waals surface area contributed by atoms with E-state index in [-0.39, 0.29) is 5.91 Å². The number of nitrogens with zero attached hydrogens (tertiary/aromatic N) is 1. The summed E-state index contributed by atoms with van der Waals surface area (Å²) in [5.74, 6) is 1.73. The molecule has 0 saturated heterocycles. The number of carbonyl (C=O) groups excluding carboxylic acids is 1. The van der Waals surface area contributed by atoms with Gasteiger partial charge in [-0.25, -0.2) is 0 Å². The molecule has 1 N–H and O–H groups in total. The zero-order chi connectivity index (χ0) is 14.5. The average molecular weight is 276 g/mol. The second kappa shape index (κ2) is 6.75. The van der Waals surface area contributed by atoms with E-state index >= 15 is 0 Å². The minimum Gasteiger partial charge on any atom is -0.497 e. The lowest BCUT2D eigenvalue weighted by Gasteiger charge is -2.36. The van der Waals surface area contributed by atoms with Crippen LogP contribution in [0.3, 0.4) is 0 Å². The molecule has 4 heteroatoms. The van der Waals surface area contributed by atoms with Gasteiger partial charge >= 0.3 is 0 Å². The van der Waals surface area contributed by atoms with Crippen LogP contribution in [-0.4, -0.2) is 44.6 Å². The fourth-order valence-corrected chi connectivity index (χ4v) is 2.54. The summed E-state index contributed by atoms with van der Waals surface area (Å²) in [6.45, 7) is 0.775. The first kappa shape index (κ1) is 14.9. The van der Waals surface area contributed by atoms with E-state index in [4.69, 9.17) is 4.74 Å². The molecular weight excluding hydrogens is 252 g/mol. The van der Waals surface area contributed by atoms with Gasteiger partial charge in [-0.1, -0.05) is 12.1 Å². The summed E-state index contributed by atoms with van der Waals surface area (Å²) in [5.41, 5.74) is 1.38. The van der Waals surface area contributed by atoms with Crippen molar-refractivity contribution in [2.75, 3.05) is 27.7 Å². The van der Waals surface area contributed by atoms with Crippen LogP contribution in [-0.2, 0) is 4.79 Å². The summed E-state index contributed by atoms with van der Waals surface area (Å²) in [6.07, 6.45) is 2.89. The lowest BCUT2D eigenvalue weighted by molar-refractivity contribution is -0.128. The molecule has 110 valence electrons. The minimum absolute atomic E-state index is 0.184. The molecule has 0 radical (unpaired) electrons. The molecule has 0 atom stereocenters. The number of hydrogen-bond donors (Lipinski definition) is 1. The Kier molecular flexibility index (Phi) is 5.01. The molecule has 0 heterocycles. The van der Waals surface area contributed by atoms with Gasteiger partial charge in [0.05, 0.1) is 7.11 Å². The maximum atomic E-state index is 11.5. The molecule has 2 rings (SSSR count). The van der Waals surface area contributed by atoms with Gasteiger partial charge in [-0.15, -0.1) is 0 Å². The van der Waals surface area contributed by atoms with Crippen molar-refractivity contribution in [3.8, 4) is 5.75 Å². The maximum absolute atomic E-state index is 11.5. The summed E-state index contributed by atoms with van der Waals surface area (Å²) in [7, 11) is 5.28. The third-order valence-corrected chi connectivity index (χ3v) is 4.00. The Morgan fingerprint density at radius 1 is 1.30 bits per heavy atom. The van der Waals surface area contributed by atoms with Crippen LogP contribution in [0, 0.1) is 0 Å². The molecular formula is C16H24N2O2. The number of hydrogen-bond acceptors (Lipinski definition) is 3. The fourth-order valence-electron chi connectivity index (χ4n) is 2.54. The summed E-state index contributed by atoms with van der Waals surface area (Å²) in [4.78, 5) is 13.1. The van der Waals surface area contributed by atoms with Crippen LogP contribution in [0.1, 0.15) is 30.7 Å². The monoisotopic (exact) mass is 276 g/mol. The van der Waals surface area contributed by atoms with Crippen LogP contribution in [0.5, 0.6) is 5.75 Å². The first-order valence-electron chi connectivity index (χ1n) is 7.17. The van der Waals surface area contributed by atoms with Gasteiger partial charge in [0.1, 0.15) is 5.75 Å². The van der Waals surface area contributed by atoms with Crippen molar-refractivity contribution in [3.63, 3.8) is 0 Å². The highest BCUT2D eigenvalue weighted by Gasteiger charge is 2.29. The van der Waals surface area contributed by atoms with E-state index in [0.29, 0.717) is 18.4 Å². The summed E-state index contributed by atoms with van der Waals surface area (Å²) in [5, 5.41) is 3.45. The zero-order valence-electron chi connectivity index (χ0n) is 12.6. The molecule has 1 aliphatic carbocycles. The molecule has 4 nitrogen and oxygen atoms in total. The van der Waals surface area contributed by atoms with E-state index in [1.807, 2.05) is 12.1 Å². The maximum Gasteiger partial charge on any atom is 0.223 e. The Morgan fingerprint density at radius 3 is 2.50 bits per heavy atom. The van der Waals surface area contributed by atoms with Crippen LogP contribution < -0.4 is 10.1 Å². The van der Waals surface area contributed by atoms with Crippen molar-refractivity contribution in [2.45, 2.75) is 31.2 Å². The molecule has 1 aromatic carbocycles. The van der Waals surface area contributed by atoms with Crippen molar-refractivity contribution < 1.29 is 9.53 Å². The van der Waals surface area contributed by atoms with Crippen molar-refractivity contribution in [1.29, 1.82) is 0 Å². The molecule has 1 aromatic rings. The lowest BCUT2D eigenvalue weighted by atomic mass is 9.76. The first-order valence-corrected chi connectivity index (χ1v) is 7.17. The molecule has 20 heavy (non-hydrogen) atoms. The highest BCUT2D eigenvalue weighted by molar-refractivity contribution is 5.75. The largest absolute Gasteiger partial charge is 0.497 e. The Labute approximate surface area is 121 Å². The number of rotatable bonds is 6. The molecule has 0 unspecified atom stereocenters. The normalized spacial score (nSPS) is 21.1. The SMILES string of the molecule is COc1ccc(C2CC(NCCC(=O)N(C)C)C2)cc1. The van der Waals surface area contributed by atoms with Crippen LogP contribution in [0.25, 0.3) is 0 Å². The van der Waals surface area contributed by atoms with Gasteiger partial charge in [-0.05, 0) is 36.5 Å². The van der Waals surface area contributed by atoms with Crippen LogP contribution in [0.2, 0.25) is 0 Å². The highest BCUT2D eigenvalue weighted by Crippen LogP contribution is 2.37. The van der Waals surface area contributed by atoms with Gasteiger partial charge in [0.2, 0.25) is 5.91 Å². The summed E-state index contributed by atoms with van der Waals surface area (Å²) in [6, 6.07) is 8.89. The first-order chi connectivity index (χ1) is 9.60. The smallest absolute Gasteiger partial charge is 0.223 e. The van der Waals surface area contributed by atoms with Gasteiger partial charge in [0, 0.05) is 33.1 Å². The quantitative estimate of drug-likeness (QED) is 0.864. The Balaban J connectivity index is 1.68. The predicted octanol–water partition coefficient (Wildman–Crippen LogP) is 2.01. The van der Waals surface area contributed by atoms with E-state index in [9.17, 15) is 4.79 Å². The summed E-state index contributed by atoms with van der Waals surface area (Å²) >= 11 is 0. The van der Waals surface area contributed by atoms with Gasteiger partial charge in [0.15, 0.2) is 0 Å². The van der Waals surface area contributed by atoms with E-state index < -0.39 is 0 Å². The minimum atomic E-state index is 0.184. The number of ether oxygens (including phenoxy) is 1. The predicted molar refractivity (Wildman–Crippen MR) is 80.1 cm³/mol. The number of amides is 1. The fraction of sp³-hybridized carbons (Fsp3) is 0.562. The topological polar surface area (TPSA) is 41.6 Å². The molecule has 1 aliphatic rings. The second-order valence-corrected chi connectivity index (χ2v) is 5.63. The Hall–Kier alpha value is -1.55. The van der Waals surface area contributed by atoms with Crippen LogP contribution >= 0.6 is 0 Å². The van der Waals surface area contributed by atoms with Gasteiger partial charge in [0.25, 0.3) is 0 Å². The lowest BCUT2D eigenvalue weighted by Crippen LogP contribution is -2.41. The van der Waals surface area contributed by atoms with E-state index in [1.54, 1.807) is 26.1 Å². The van der Waals surface area contributed by atoms with Crippen LogP contribution in [0.15, 0.2) is 24.3 Å². The average Bonchev–Trinajstić information content (AvgIpc) is 2.41. The summed E-state index contributed by atoms with van der Waals surface area (Å²) < 4.78 is 5.17. The Bertz CT molecular complexity index is 436. The van der Waals surface area contributed by atoms with Crippen molar-refractivity contribution in [3.05, 3.63) is 29.8 Å². The van der Waals surface area contributed by atoms with E-state index in [1.165, 1.54) is 5.56 Å². The third-order valence-electron chi connectivity index (χ3n) is 4.00. The van der Waals surface area contributed by atoms with Crippen molar-refractivity contribution >= 4 is 5.91 Å². The van der Waals surface area contributed by atoms with Crippen molar-refractivity contribution in [1.82, 2.24) is 10.2 Å². The Morgan fingerprint density at radius 2 is 1.95 bits per heavy atom.